The van der Waals surface area contributed by atoms with Gasteiger partial charge in [-0.3, -0.25) is 0 Å². The van der Waals surface area contributed by atoms with Crippen LogP contribution in [0.2, 0.25) is 0 Å². The summed E-state index contributed by atoms with van der Waals surface area (Å²) in [7, 11) is 2.22. The molecular formula is C20H34N4O. The number of hydrogen-bond donors (Lipinski definition) is 2. The van der Waals surface area contributed by atoms with Gasteiger partial charge in [-0.05, 0) is 43.9 Å². The summed E-state index contributed by atoms with van der Waals surface area (Å²) in [6.45, 7) is 4.92. The van der Waals surface area contributed by atoms with E-state index < -0.39 is 0 Å². The smallest absolute Gasteiger partial charge is 0.188 e. The molecule has 140 valence electrons. The van der Waals surface area contributed by atoms with Crippen LogP contribution in [-0.2, 0) is 11.3 Å². The minimum Gasteiger partial charge on any atom is -0.382 e. The van der Waals surface area contributed by atoms with E-state index in [4.69, 9.17) is 10.5 Å². The molecule has 0 atom stereocenters. The summed E-state index contributed by atoms with van der Waals surface area (Å²) in [6, 6.07) is 9.39. The van der Waals surface area contributed by atoms with Crippen LogP contribution in [0.3, 0.4) is 0 Å². The lowest BCUT2D eigenvalue weighted by atomic mass is 9.94. The van der Waals surface area contributed by atoms with Gasteiger partial charge < -0.3 is 20.7 Å². The number of guanidine groups is 1. The van der Waals surface area contributed by atoms with E-state index in [0.29, 0.717) is 18.5 Å². The van der Waals surface area contributed by atoms with E-state index in [1.165, 1.54) is 43.4 Å². The molecule has 1 aromatic carbocycles. The Morgan fingerprint density at radius 1 is 1.24 bits per heavy atom. The van der Waals surface area contributed by atoms with E-state index in [0.717, 1.165) is 26.2 Å². The fraction of sp³-hybridized carbons (Fsp3) is 0.650. The van der Waals surface area contributed by atoms with Gasteiger partial charge in [0.2, 0.25) is 0 Å². The van der Waals surface area contributed by atoms with Crippen LogP contribution in [0.4, 0.5) is 5.69 Å². The molecule has 0 spiro atoms. The number of rotatable bonds is 9. The van der Waals surface area contributed by atoms with Crippen molar-refractivity contribution in [3.63, 3.8) is 0 Å². The van der Waals surface area contributed by atoms with Crippen LogP contribution in [0.25, 0.3) is 0 Å². The molecule has 3 N–H and O–H groups in total. The van der Waals surface area contributed by atoms with E-state index >= 15 is 0 Å². The Morgan fingerprint density at radius 2 is 1.96 bits per heavy atom. The van der Waals surface area contributed by atoms with E-state index in [9.17, 15) is 0 Å². The Labute approximate surface area is 152 Å². The van der Waals surface area contributed by atoms with Crippen LogP contribution in [0.15, 0.2) is 29.3 Å². The number of nitrogens with one attached hydrogen (secondary N) is 1. The lowest BCUT2D eigenvalue weighted by Crippen LogP contribution is -2.33. The fourth-order valence-corrected chi connectivity index (χ4v) is 3.28. The molecular weight excluding hydrogens is 312 g/mol. The van der Waals surface area contributed by atoms with Gasteiger partial charge in [0.05, 0.1) is 6.54 Å². The molecule has 0 amide bonds. The molecule has 1 aliphatic carbocycles. The molecule has 0 unspecified atom stereocenters. The Bertz CT molecular complexity index is 509. The molecule has 0 heterocycles. The third kappa shape index (κ3) is 6.94. The Hall–Kier alpha value is -1.75. The number of anilines is 1. The molecule has 1 aliphatic rings. The minimum atomic E-state index is 0.500. The number of nitrogens with zero attached hydrogens (tertiary/aromatic N) is 2. The van der Waals surface area contributed by atoms with Gasteiger partial charge in [-0.25, -0.2) is 4.99 Å². The van der Waals surface area contributed by atoms with Gasteiger partial charge in [-0.15, -0.1) is 0 Å². The number of benzene rings is 1. The summed E-state index contributed by atoms with van der Waals surface area (Å²) >= 11 is 0. The molecule has 0 saturated heterocycles. The Balaban J connectivity index is 1.76. The first-order valence-corrected chi connectivity index (χ1v) is 9.64. The topological polar surface area (TPSA) is 62.9 Å². The average Bonchev–Trinajstić information content (AvgIpc) is 2.67. The highest BCUT2D eigenvalue weighted by atomic mass is 16.5. The predicted octanol–water partition coefficient (Wildman–Crippen LogP) is 3.29. The van der Waals surface area contributed by atoms with Crippen molar-refractivity contribution in [1.29, 1.82) is 0 Å². The molecule has 5 nitrogen and oxygen atoms in total. The molecule has 1 saturated carbocycles. The quantitative estimate of drug-likeness (QED) is 0.409. The molecule has 0 radical (unpaired) electrons. The maximum Gasteiger partial charge on any atom is 0.188 e. The normalized spacial score (nSPS) is 16.0. The van der Waals surface area contributed by atoms with Crippen molar-refractivity contribution >= 4 is 11.6 Å². The summed E-state index contributed by atoms with van der Waals surface area (Å²) in [5, 5.41) is 3.12. The molecule has 0 aliphatic heterocycles. The minimum absolute atomic E-state index is 0.500. The number of nitrogens with two attached hydrogens (primary N) is 1. The second-order valence-electron chi connectivity index (χ2n) is 6.75. The second-order valence-corrected chi connectivity index (χ2v) is 6.75. The number of aliphatic imine (C=N–C) groups is 1. The number of hydrogen-bond acceptors (Lipinski definition) is 3. The zero-order valence-corrected chi connectivity index (χ0v) is 15.8. The van der Waals surface area contributed by atoms with Crippen molar-refractivity contribution < 1.29 is 4.74 Å². The first-order valence-electron chi connectivity index (χ1n) is 9.64. The maximum absolute atomic E-state index is 5.90. The van der Waals surface area contributed by atoms with Crippen LogP contribution in [0.1, 0.15) is 51.0 Å². The van der Waals surface area contributed by atoms with Crippen molar-refractivity contribution in [3.8, 4) is 0 Å². The van der Waals surface area contributed by atoms with Gasteiger partial charge in [0.15, 0.2) is 5.96 Å². The van der Waals surface area contributed by atoms with Crippen LogP contribution < -0.4 is 16.0 Å². The summed E-state index contributed by atoms with van der Waals surface area (Å²) in [5.74, 6) is 0.500. The van der Waals surface area contributed by atoms with Crippen molar-refractivity contribution in [2.24, 2.45) is 10.7 Å². The van der Waals surface area contributed by atoms with Crippen molar-refractivity contribution in [2.45, 2.75) is 58.0 Å². The van der Waals surface area contributed by atoms with Crippen molar-refractivity contribution in [2.75, 3.05) is 31.7 Å². The Kier molecular flexibility index (Phi) is 8.60. The first kappa shape index (κ1) is 19.6. The molecule has 2 rings (SSSR count). The summed E-state index contributed by atoms with van der Waals surface area (Å²) in [6.07, 6.45) is 7.67. The first-order chi connectivity index (χ1) is 12.2. The van der Waals surface area contributed by atoms with E-state index in [2.05, 4.69) is 46.5 Å². The van der Waals surface area contributed by atoms with Gasteiger partial charge >= 0.3 is 0 Å². The van der Waals surface area contributed by atoms with E-state index in [1.54, 1.807) is 0 Å². The monoisotopic (exact) mass is 346 g/mol. The fourth-order valence-electron chi connectivity index (χ4n) is 3.28. The van der Waals surface area contributed by atoms with Gasteiger partial charge in [-0.1, -0.05) is 31.4 Å². The van der Waals surface area contributed by atoms with Crippen molar-refractivity contribution in [3.05, 3.63) is 29.8 Å². The highest BCUT2D eigenvalue weighted by Crippen LogP contribution is 2.26. The second kappa shape index (κ2) is 11.0. The van der Waals surface area contributed by atoms with Crippen LogP contribution in [0.5, 0.6) is 0 Å². The van der Waals surface area contributed by atoms with Crippen molar-refractivity contribution in [1.82, 2.24) is 5.32 Å². The lowest BCUT2D eigenvalue weighted by Gasteiger charge is -2.33. The van der Waals surface area contributed by atoms with E-state index in [1.807, 2.05) is 6.92 Å². The Morgan fingerprint density at radius 3 is 2.64 bits per heavy atom. The molecule has 25 heavy (non-hydrogen) atoms. The third-order valence-corrected chi connectivity index (χ3v) is 4.87. The SMILES string of the molecule is CCOCCCNC(N)=NCc1ccc(N(C)C2CCCCC2)cc1. The van der Waals surface area contributed by atoms with Gasteiger partial charge in [0.1, 0.15) is 0 Å². The zero-order valence-electron chi connectivity index (χ0n) is 15.8. The largest absolute Gasteiger partial charge is 0.382 e. The molecule has 5 heteroatoms. The zero-order chi connectivity index (χ0) is 17.9. The van der Waals surface area contributed by atoms with Crippen LogP contribution in [-0.4, -0.2) is 38.8 Å². The summed E-state index contributed by atoms with van der Waals surface area (Å²) < 4.78 is 5.29. The average molecular weight is 347 g/mol. The highest BCUT2D eigenvalue weighted by molar-refractivity contribution is 5.77. The molecule has 1 fully saturated rings. The number of ether oxygens (including phenoxy) is 1. The summed E-state index contributed by atoms with van der Waals surface area (Å²) in [5.41, 5.74) is 8.38. The molecule has 0 aromatic heterocycles. The summed E-state index contributed by atoms with van der Waals surface area (Å²) in [4.78, 5) is 6.84. The standard InChI is InChI=1S/C20H34N4O/c1-3-25-15-7-14-22-20(21)23-16-17-10-12-19(13-11-17)24(2)18-8-5-4-6-9-18/h10-13,18H,3-9,14-16H2,1-2H3,(H3,21,22,23). The van der Waals surface area contributed by atoms with E-state index in [-0.39, 0.29) is 0 Å². The van der Waals surface area contributed by atoms with Gasteiger partial charge in [0, 0.05) is 38.5 Å². The van der Waals surface area contributed by atoms with Crippen LogP contribution in [0, 0.1) is 0 Å². The third-order valence-electron chi connectivity index (χ3n) is 4.87. The predicted molar refractivity (Wildman–Crippen MR) is 106 cm³/mol. The lowest BCUT2D eigenvalue weighted by molar-refractivity contribution is 0.145. The highest BCUT2D eigenvalue weighted by Gasteiger charge is 2.18. The maximum atomic E-state index is 5.90. The molecule has 0 bridgehead atoms. The van der Waals surface area contributed by atoms with Crippen LogP contribution >= 0.6 is 0 Å². The molecule has 1 aromatic rings. The van der Waals surface area contributed by atoms with Gasteiger partial charge in [0.25, 0.3) is 0 Å². The van der Waals surface area contributed by atoms with Gasteiger partial charge in [-0.2, -0.15) is 0 Å².